The van der Waals surface area contributed by atoms with Crippen LogP contribution in [0.5, 0.6) is 0 Å². The molecule has 0 N–H and O–H groups in total. The lowest BCUT2D eigenvalue weighted by atomic mass is 9.97. The fraction of sp³-hybridized carbons (Fsp3) is 0. The molecule has 0 aliphatic rings. The van der Waals surface area contributed by atoms with Crippen LogP contribution >= 0.6 is 0 Å². The molecular formula is C55H32N4O. The van der Waals surface area contributed by atoms with Gasteiger partial charge in [-0.3, -0.25) is 4.57 Å². The molecule has 0 saturated carbocycles. The van der Waals surface area contributed by atoms with Crippen molar-refractivity contribution in [3.63, 3.8) is 0 Å². The highest BCUT2D eigenvalue weighted by Crippen LogP contribution is 2.43. The molecule has 3 aromatic heterocycles. The summed E-state index contributed by atoms with van der Waals surface area (Å²) >= 11 is 0. The van der Waals surface area contributed by atoms with Gasteiger partial charge >= 0.3 is 0 Å². The summed E-state index contributed by atoms with van der Waals surface area (Å²) in [5, 5.41) is 13.2. The molecule has 278 valence electrons. The predicted molar refractivity (Wildman–Crippen MR) is 248 cm³/mol. The predicted octanol–water partition coefficient (Wildman–Crippen LogP) is 14.5. The maximum atomic E-state index is 6.69. The Morgan fingerprint density at radius 3 is 1.85 bits per heavy atom. The van der Waals surface area contributed by atoms with Gasteiger partial charge in [-0.25, -0.2) is 4.98 Å². The number of fused-ring (bicyclic) bond motifs is 13. The topological polar surface area (TPSA) is 56.7 Å². The average molecular weight is 765 g/mol. The van der Waals surface area contributed by atoms with Crippen LogP contribution in [0.25, 0.3) is 127 Å². The summed E-state index contributed by atoms with van der Waals surface area (Å²) < 4.78 is 8.95. The van der Waals surface area contributed by atoms with Crippen LogP contribution in [0.3, 0.4) is 0 Å². The number of rotatable bonds is 4. The van der Waals surface area contributed by atoms with E-state index < -0.39 is 0 Å². The molecule has 3 heterocycles. The summed E-state index contributed by atoms with van der Waals surface area (Å²) in [5.41, 5.74) is 7.84. The van der Waals surface area contributed by atoms with E-state index in [1.54, 1.807) is 0 Å². The van der Waals surface area contributed by atoms with Crippen molar-refractivity contribution < 1.29 is 4.42 Å². The van der Waals surface area contributed by atoms with E-state index >= 15 is 0 Å². The highest BCUT2D eigenvalue weighted by atomic mass is 16.3. The standard InChI is InChI=1S/C55H32N4O/c1-2-13-33(14-3-1)37-26-25-36-18-12-23-42(45(36)31-37)53-56-54(46-32-38-17-6-9-21-41(38)52-50(46)43-22-10-11-24-48(43)60-52)58-55(57-53)59-47-30-28-34-15-4-7-19-39(34)49(47)44-29-27-35-16-5-8-20-40(35)51(44)59/h1-32H. The highest BCUT2D eigenvalue weighted by Gasteiger charge is 2.24. The minimum atomic E-state index is 0.548. The summed E-state index contributed by atoms with van der Waals surface area (Å²) in [5.74, 6) is 1.72. The smallest absolute Gasteiger partial charge is 0.238 e. The second-order valence-electron chi connectivity index (χ2n) is 15.5. The van der Waals surface area contributed by atoms with Crippen molar-refractivity contribution in [1.82, 2.24) is 19.5 Å². The Hall–Kier alpha value is -8.15. The monoisotopic (exact) mass is 764 g/mol. The minimum Gasteiger partial charge on any atom is -0.455 e. The number of hydrogen-bond donors (Lipinski definition) is 0. The maximum absolute atomic E-state index is 6.69. The van der Waals surface area contributed by atoms with E-state index in [0.29, 0.717) is 17.6 Å². The first-order chi connectivity index (χ1) is 29.7. The molecule has 0 amide bonds. The lowest BCUT2D eigenvalue weighted by Gasteiger charge is -2.14. The number of hydrogen-bond acceptors (Lipinski definition) is 4. The summed E-state index contributed by atoms with van der Waals surface area (Å²) in [6.45, 7) is 0. The van der Waals surface area contributed by atoms with Gasteiger partial charge in [0.2, 0.25) is 5.95 Å². The van der Waals surface area contributed by atoms with Crippen molar-refractivity contribution in [3.8, 4) is 39.9 Å². The van der Waals surface area contributed by atoms with Crippen molar-refractivity contribution >= 4 is 86.8 Å². The van der Waals surface area contributed by atoms with Crippen LogP contribution in [0, 0.1) is 0 Å². The first-order valence-electron chi connectivity index (χ1n) is 20.3. The fourth-order valence-electron chi connectivity index (χ4n) is 9.48. The van der Waals surface area contributed by atoms with Gasteiger partial charge in [-0.2, -0.15) is 9.97 Å². The quantitative estimate of drug-likeness (QED) is 0.179. The molecule has 13 aromatic rings. The van der Waals surface area contributed by atoms with Gasteiger partial charge in [-0.05, 0) is 67.7 Å². The molecule has 13 rings (SSSR count). The molecule has 5 nitrogen and oxygen atoms in total. The second kappa shape index (κ2) is 12.7. The third-order valence-corrected chi connectivity index (χ3v) is 12.2. The lowest BCUT2D eigenvalue weighted by Crippen LogP contribution is -2.07. The molecule has 60 heavy (non-hydrogen) atoms. The molecule has 0 aliphatic carbocycles. The van der Waals surface area contributed by atoms with Gasteiger partial charge in [-0.15, -0.1) is 0 Å². The zero-order chi connectivity index (χ0) is 39.3. The Labute approximate surface area is 343 Å². The van der Waals surface area contributed by atoms with Gasteiger partial charge < -0.3 is 4.42 Å². The van der Waals surface area contributed by atoms with Crippen LogP contribution in [0.1, 0.15) is 0 Å². The van der Waals surface area contributed by atoms with Gasteiger partial charge in [0.05, 0.1) is 11.0 Å². The van der Waals surface area contributed by atoms with Gasteiger partial charge in [-0.1, -0.05) is 170 Å². The van der Waals surface area contributed by atoms with Gasteiger partial charge in [0.15, 0.2) is 11.6 Å². The number of para-hydroxylation sites is 1. The fourth-order valence-corrected chi connectivity index (χ4v) is 9.48. The van der Waals surface area contributed by atoms with Crippen molar-refractivity contribution in [3.05, 3.63) is 194 Å². The van der Waals surface area contributed by atoms with Crippen LogP contribution in [-0.4, -0.2) is 19.5 Å². The number of furan rings is 1. The normalized spacial score (nSPS) is 12.0. The van der Waals surface area contributed by atoms with Crippen LogP contribution in [0.15, 0.2) is 199 Å². The molecule has 0 atom stereocenters. The largest absolute Gasteiger partial charge is 0.455 e. The molecule has 0 bridgehead atoms. The maximum Gasteiger partial charge on any atom is 0.238 e. The van der Waals surface area contributed by atoms with Crippen molar-refractivity contribution in [2.24, 2.45) is 0 Å². The molecule has 0 unspecified atom stereocenters. The Balaban J connectivity index is 1.19. The zero-order valence-corrected chi connectivity index (χ0v) is 32.2. The Kier molecular flexibility index (Phi) is 6.95. The van der Waals surface area contributed by atoms with E-state index in [1.807, 2.05) is 12.1 Å². The highest BCUT2D eigenvalue weighted by molar-refractivity contribution is 6.26. The van der Waals surface area contributed by atoms with Crippen LogP contribution in [0.2, 0.25) is 0 Å². The summed E-state index contributed by atoms with van der Waals surface area (Å²) in [6.07, 6.45) is 0. The molecule has 0 fully saturated rings. The van der Waals surface area contributed by atoms with Gasteiger partial charge in [0.1, 0.15) is 11.2 Å². The summed E-state index contributed by atoms with van der Waals surface area (Å²) in [6, 6.07) is 68.5. The zero-order valence-electron chi connectivity index (χ0n) is 32.2. The molecule has 5 heteroatoms. The van der Waals surface area contributed by atoms with E-state index in [9.17, 15) is 0 Å². The molecule has 0 radical (unpaired) electrons. The Morgan fingerprint density at radius 2 is 1.00 bits per heavy atom. The second-order valence-corrected chi connectivity index (χ2v) is 15.5. The number of aromatic nitrogens is 4. The average Bonchev–Trinajstić information content (AvgIpc) is 3.88. The molecule has 0 saturated heterocycles. The third kappa shape index (κ3) is 4.84. The molecular weight excluding hydrogens is 733 g/mol. The summed E-state index contributed by atoms with van der Waals surface area (Å²) in [4.78, 5) is 16.5. The van der Waals surface area contributed by atoms with E-state index in [1.165, 1.54) is 16.2 Å². The first kappa shape index (κ1) is 32.9. The van der Waals surface area contributed by atoms with Crippen LogP contribution in [-0.2, 0) is 0 Å². The van der Waals surface area contributed by atoms with Crippen molar-refractivity contribution in [1.29, 1.82) is 0 Å². The van der Waals surface area contributed by atoms with E-state index in [4.69, 9.17) is 19.4 Å². The Bertz CT molecular complexity index is 3900. The summed E-state index contributed by atoms with van der Waals surface area (Å²) in [7, 11) is 0. The number of benzene rings is 10. The Morgan fingerprint density at radius 1 is 0.367 bits per heavy atom. The molecule has 0 aliphatic heterocycles. The van der Waals surface area contributed by atoms with E-state index in [2.05, 4.69) is 187 Å². The third-order valence-electron chi connectivity index (χ3n) is 12.2. The molecule has 10 aromatic carbocycles. The van der Waals surface area contributed by atoms with E-state index in [0.717, 1.165) is 92.9 Å². The van der Waals surface area contributed by atoms with Gasteiger partial charge in [0.25, 0.3) is 0 Å². The SMILES string of the molecule is c1ccc(-c2ccc3cccc(-c4nc(-c5cc6ccccc6c6oc7ccccc7c56)nc(-n5c6ccc7ccccc7c6c6ccc7ccccc7c65)n4)c3c2)cc1. The first-order valence-corrected chi connectivity index (χ1v) is 20.3. The van der Waals surface area contributed by atoms with Crippen LogP contribution in [0.4, 0.5) is 0 Å². The molecule has 0 spiro atoms. The van der Waals surface area contributed by atoms with Crippen molar-refractivity contribution in [2.45, 2.75) is 0 Å². The minimum absolute atomic E-state index is 0.548. The van der Waals surface area contributed by atoms with E-state index in [-0.39, 0.29) is 0 Å². The van der Waals surface area contributed by atoms with Crippen molar-refractivity contribution in [2.75, 3.05) is 0 Å². The number of nitrogens with zero attached hydrogens (tertiary/aromatic N) is 4. The lowest BCUT2D eigenvalue weighted by molar-refractivity contribution is 0.672. The van der Waals surface area contributed by atoms with Crippen LogP contribution < -0.4 is 0 Å². The van der Waals surface area contributed by atoms with Gasteiger partial charge in [0, 0.05) is 43.4 Å².